The van der Waals surface area contributed by atoms with Crippen LogP contribution < -0.4 is 5.32 Å². The highest BCUT2D eigenvalue weighted by atomic mass is 35.5. The highest BCUT2D eigenvalue weighted by Crippen LogP contribution is 2.48. The number of hydrogen-bond donors (Lipinski definition) is 1. The van der Waals surface area contributed by atoms with Gasteiger partial charge in [0.2, 0.25) is 5.95 Å². The molecule has 1 aliphatic carbocycles. The average Bonchev–Trinajstić information content (AvgIpc) is 3.01. The summed E-state index contributed by atoms with van der Waals surface area (Å²) >= 11 is 5.78. The van der Waals surface area contributed by atoms with Crippen LogP contribution in [-0.4, -0.2) is 27.6 Å². The Balaban J connectivity index is 1.92. The van der Waals surface area contributed by atoms with E-state index in [1.807, 2.05) is 13.8 Å². The van der Waals surface area contributed by atoms with E-state index in [1.165, 1.54) is 12.8 Å². The van der Waals surface area contributed by atoms with Gasteiger partial charge >= 0.3 is 0 Å². The molecule has 0 spiro atoms. The van der Waals surface area contributed by atoms with Crippen molar-refractivity contribution in [3.63, 3.8) is 0 Å². The molecule has 0 unspecified atom stereocenters. The Hall–Kier alpha value is -0.900. The van der Waals surface area contributed by atoms with Crippen LogP contribution in [0.5, 0.6) is 0 Å². The molecule has 1 aromatic heterocycles. The first-order valence-corrected chi connectivity index (χ1v) is 6.16. The molecule has 1 saturated carbocycles. The third-order valence-electron chi connectivity index (χ3n) is 3.30. The van der Waals surface area contributed by atoms with Gasteiger partial charge in [0.1, 0.15) is 0 Å². The van der Waals surface area contributed by atoms with Crippen LogP contribution in [0.15, 0.2) is 0 Å². The summed E-state index contributed by atoms with van der Waals surface area (Å²) in [6.07, 6.45) is 3.58. The Bertz CT molecular complexity index is 376. The van der Waals surface area contributed by atoms with Crippen LogP contribution >= 0.6 is 11.6 Å². The maximum absolute atomic E-state index is 5.78. The molecule has 88 valence electrons. The Kier molecular flexibility index (Phi) is 3.28. The lowest BCUT2D eigenvalue weighted by atomic mass is 10.0. The lowest BCUT2D eigenvalue weighted by Crippen LogP contribution is -2.18. The molecule has 4 nitrogen and oxygen atoms in total. The molecule has 5 heteroatoms. The summed E-state index contributed by atoms with van der Waals surface area (Å²) in [6, 6.07) is 0. The number of nitrogens with zero attached hydrogens (tertiary/aromatic N) is 3. The van der Waals surface area contributed by atoms with Crippen LogP contribution in [0.1, 0.15) is 30.7 Å². The van der Waals surface area contributed by atoms with Gasteiger partial charge in [-0.2, -0.15) is 5.10 Å². The summed E-state index contributed by atoms with van der Waals surface area (Å²) in [5.74, 6) is 1.36. The summed E-state index contributed by atoms with van der Waals surface area (Å²) in [5, 5.41) is 11.3. The van der Waals surface area contributed by atoms with E-state index in [-0.39, 0.29) is 0 Å². The van der Waals surface area contributed by atoms with E-state index in [0.717, 1.165) is 30.2 Å². The highest BCUT2D eigenvalue weighted by Gasteiger charge is 2.41. The predicted octanol–water partition coefficient (Wildman–Crippen LogP) is 2.31. The fourth-order valence-corrected chi connectivity index (χ4v) is 2.09. The second-order valence-electron chi connectivity index (χ2n) is 4.60. The van der Waals surface area contributed by atoms with E-state index in [4.69, 9.17) is 11.6 Å². The smallest absolute Gasteiger partial charge is 0.242 e. The molecule has 1 aliphatic rings. The van der Waals surface area contributed by atoms with Crippen molar-refractivity contribution < 1.29 is 0 Å². The minimum absolute atomic E-state index is 0.393. The molecular formula is C11H17ClN4. The summed E-state index contributed by atoms with van der Waals surface area (Å²) < 4.78 is 0. The largest absolute Gasteiger partial charge is 0.352 e. The molecule has 1 fully saturated rings. The van der Waals surface area contributed by atoms with E-state index in [1.54, 1.807) is 0 Å². The molecule has 16 heavy (non-hydrogen) atoms. The molecule has 0 aromatic carbocycles. The Morgan fingerprint density at radius 1 is 1.25 bits per heavy atom. The van der Waals surface area contributed by atoms with Gasteiger partial charge in [0.05, 0.1) is 11.4 Å². The van der Waals surface area contributed by atoms with E-state index in [9.17, 15) is 0 Å². The first-order chi connectivity index (χ1) is 7.65. The monoisotopic (exact) mass is 240 g/mol. The second-order valence-corrected chi connectivity index (χ2v) is 4.98. The molecular weight excluding hydrogens is 224 g/mol. The molecule has 0 aliphatic heterocycles. The highest BCUT2D eigenvalue weighted by molar-refractivity contribution is 6.17. The zero-order chi connectivity index (χ0) is 11.6. The first-order valence-electron chi connectivity index (χ1n) is 5.63. The molecule has 0 atom stereocenters. The average molecular weight is 241 g/mol. The lowest BCUT2D eigenvalue weighted by molar-refractivity contribution is 0.522. The summed E-state index contributed by atoms with van der Waals surface area (Å²) in [4.78, 5) is 4.35. The molecule has 0 saturated heterocycles. The van der Waals surface area contributed by atoms with Gasteiger partial charge in [-0.1, -0.05) is 0 Å². The number of aryl methyl sites for hydroxylation is 2. The van der Waals surface area contributed by atoms with E-state index >= 15 is 0 Å². The van der Waals surface area contributed by atoms with Gasteiger partial charge in [-0.15, -0.1) is 16.7 Å². The van der Waals surface area contributed by atoms with Crippen LogP contribution in [0.25, 0.3) is 0 Å². The molecule has 1 aromatic rings. The van der Waals surface area contributed by atoms with Crippen LogP contribution in [0.4, 0.5) is 5.95 Å². The van der Waals surface area contributed by atoms with Crippen molar-refractivity contribution >= 4 is 17.5 Å². The van der Waals surface area contributed by atoms with E-state index < -0.39 is 0 Å². The summed E-state index contributed by atoms with van der Waals surface area (Å²) in [6.45, 7) is 4.76. The van der Waals surface area contributed by atoms with Gasteiger partial charge in [-0.25, -0.2) is 4.98 Å². The van der Waals surface area contributed by atoms with Crippen molar-refractivity contribution in [2.24, 2.45) is 5.41 Å². The fourth-order valence-electron chi connectivity index (χ4n) is 1.69. The number of anilines is 1. The summed E-state index contributed by atoms with van der Waals surface area (Å²) in [5.41, 5.74) is 2.20. The van der Waals surface area contributed by atoms with Gasteiger partial charge in [0, 0.05) is 12.4 Å². The maximum Gasteiger partial charge on any atom is 0.242 e. The zero-order valence-electron chi connectivity index (χ0n) is 9.76. The third-order valence-corrected chi connectivity index (χ3v) is 3.48. The quantitative estimate of drug-likeness (QED) is 0.803. The number of halogens is 1. The van der Waals surface area contributed by atoms with Crippen molar-refractivity contribution in [1.82, 2.24) is 15.2 Å². The molecule has 1 heterocycles. The number of hydrogen-bond acceptors (Lipinski definition) is 4. The third kappa shape index (κ3) is 2.61. The minimum atomic E-state index is 0.393. The SMILES string of the molecule is Cc1nnc(NCC2(CCCl)CC2)nc1C. The van der Waals surface area contributed by atoms with Gasteiger partial charge in [0.15, 0.2) is 0 Å². The van der Waals surface area contributed by atoms with Gasteiger partial charge in [-0.3, -0.25) is 0 Å². The van der Waals surface area contributed by atoms with Crippen molar-refractivity contribution in [2.45, 2.75) is 33.1 Å². The summed E-state index contributed by atoms with van der Waals surface area (Å²) in [7, 11) is 0. The van der Waals surface area contributed by atoms with Crippen molar-refractivity contribution in [2.75, 3.05) is 17.7 Å². The van der Waals surface area contributed by atoms with Crippen molar-refractivity contribution in [1.29, 1.82) is 0 Å². The first kappa shape index (κ1) is 11.6. The normalized spacial score (nSPS) is 17.2. The number of rotatable bonds is 5. The molecule has 0 bridgehead atoms. The Labute approximate surface area is 101 Å². The van der Waals surface area contributed by atoms with Crippen molar-refractivity contribution in [3.05, 3.63) is 11.4 Å². The topological polar surface area (TPSA) is 50.7 Å². The van der Waals surface area contributed by atoms with Crippen LogP contribution in [0.2, 0.25) is 0 Å². The molecule has 0 radical (unpaired) electrons. The molecule has 1 N–H and O–H groups in total. The van der Waals surface area contributed by atoms with Crippen LogP contribution in [0.3, 0.4) is 0 Å². The predicted molar refractivity (Wildman–Crippen MR) is 64.8 cm³/mol. The van der Waals surface area contributed by atoms with E-state index in [2.05, 4.69) is 20.5 Å². The Morgan fingerprint density at radius 2 is 2.00 bits per heavy atom. The van der Waals surface area contributed by atoms with Crippen molar-refractivity contribution in [3.8, 4) is 0 Å². The molecule has 0 amide bonds. The minimum Gasteiger partial charge on any atom is -0.352 e. The standard InChI is InChI=1S/C11H17ClN4/c1-8-9(2)15-16-10(14-8)13-7-11(3-4-11)5-6-12/h3-7H2,1-2H3,(H,13,14,16). The molecule has 2 rings (SSSR count). The van der Waals surface area contributed by atoms with Gasteiger partial charge in [0.25, 0.3) is 0 Å². The number of alkyl halides is 1. The number of aromatic nitrogens is 3. The zero-order valence-corrected chi connectivity index (χ0v) is 10.5. The van der Waals surface area contributed by atoms with Crippen LogP contribution in [-0.2, 0) is 0 Å². The Morgan fingerprint density at radius 3 is 2.56 bits per heavy atom. The second kappa shape index (κ2) is 4.53. The fraction of sp³-hybridized carbons (Fsp3) is 0.727. The van der Waals surface area contributed by atoms with Gasteiger partial charge < -0.3 is 5.32 Å². The van der Waals surface area contributed by atoms with Crippen LogP contribution in [0, 0.1) is 19.3 Å². The maximum atomic E-state index is 5.78. The lowest BCUT2D eigenvalue weighted by Gasteiger charge is -2.14. The van der Waals surface area contributed by atoms with Gasteiger partial charge in [-0.05, 0) is 38.5 Å². The van der Waals surface area contributed by atoms with E-state index in [0.29, 0.717) is 11.4 Å². The number of nitrogens with one attached hydrogen (secondary N) is 1.